The number of nitrogens with zero attached hydrogens (tertiary/aromatic N) is 1. The van der Waals surface area contributed by atoms with Crippen LogP contribution in [0.4, 0.5) is 4.79 Å². The highest BCUT2D eigenvalue weighted by Gasteiger charge is 2.51. The summed E-state index contributed by atoms with van der Waals surface area (Å²) in [4.78, 5) is 24.8. The summed E-state index contributed by atoms with van der Waals surface area (Å²) in [7, 11) is 1.99. The molecular formula is C16H27N3O2. The van der Waals surface area contributed by atoms with Crippen molar-refractivity contribution in [2.75, 3.05) is 13.6 Å². The van der Waals surface area contributed by atoms with Crippen LogP contribution in [0.15, 0.2) is 0 Å². The smallest absolute Gasteiger partial charge is 0.318 e. The third kappa shape index (κ3) is 2.93. The lowest BCUT2D eigenvalue weighted by Gasteiger charge is -2.58. The minimum absolute atomic E-state index is 0.297. The van der Waals surface area contributed by atoms with Gasteiger partial charge in [-0.05, 0) is 75.7 Å². The highest BCUT2D eigenvalue weighted by atomic mass is 16.2. The van der Waals surface area contributed by atoms with Crippen LogP contribution in [0.5, 0.6) is 0 Å². The number of nitrogens with one attached hydrogen (secondary N) is 1. The molecule has 5 heteroatoms. The maximum Gasteiger partial charge on any atom is 0.318 e. The molecule has 4 fully saturated rings. The van der Waals surface area contributed by atoms with Crippen LogP contribution in [-0.2, 0) is 4.79 Å². The second-order valence-corrected chi connectivity index (χ2v) is 7.86. The number of carbonyl (C=O) groups excluding carboxylic acids is 2. The molecule has 0 unspecified atom stereocenters. The van der Waals surface area contributed by atoms with E-state index in [0.717, 1.165) is 24.3 Å². The van der Waals surface area contributed by atoms with Crippen molar-refractivity contribution in [3.8, 4) is 0 Å². The van der Waals surface area contributed by atoms with Gasteiger partial charge in [-0.25, -0.2) is 4.79 Å². The number of hydrogen-bond donors (Lipinski definition) is 2. The second kappa shape index (κ2) is 5.27. The Balaban J connectivity index is 1.63. The molecule has 4 rings (SSSR count). The molecule has 3 amide bonds. The lowest BCUT2D eigenvalue weighted by molar-refractivity contribution is -0.126. The van der Waals surface area contributed by atoms with Gasteiger partial charge in [0.15, 0.2) is 0 Å². The Bertz CT molecular complexity index is 414. The third-order valence-electron chi connectivity index (χ3n) is 6.04. The Labute approximate surface area is 126 Å². The topological polar surface area (TPSA) is 75.4 Å². The fraction of sp³-hybridized carbons (Fsp3) is 0.875. The predicted octanol–water partition coefficient (Wildman–Crippen LogP) is 1.72. The van der Waals surface area contributed by atoms with Gasteiger partial charge in [-0.2, -0.15) is 0 Å². The van der Waals surface area contributed by atoms with Crippen molar-refractivity contribution < 1.29 is 9.59 Å². The van der Waals surface area contributed by atoms with E-state index in [1.54, 1.807) is 0 Å². The van der Waals surface area contributed by atoms with Crippen molar-refractivity contribution in [2.24, 2.45) is 28.9 Å². The average Bonchev–Trinajstić information content (AvgIpc) is 2.34. The van der Waals surface area contributed by atoms with Gasteiger partial charge in [-0.15, -0.1) is 0 Å². The highest BCUT2D eigenvalue weighted by molar-refractivity contribution is 5.96. The number of urea groups is 1. The summed E-state index contributed by atoms with van der Waals surface area (Å²) in [6.45, 7) is 2.81. The van der Waals surface area contributed by atoms with Crippen molar-refractivity contribution in [3.05, 3.63) is 0 Å². The molecule has 0 radical (unpaired) electrons. The molecule has 21 heavy (non-hydrogen) atoms. The molecule has 5 nitrogen and oxygen atoms in total. The fourth-order valence-corrected chi connectivity index (χ4v) is 5.58. The number of carbonyl (C=O) groups is 2. The summed E-state index contributed by atoms with van der Waals surface area (Å²) < 4.78 is 0. The van der Waals surface area contributed by atoms with E-state index in [-0.39, 0.29) is 11.9 Å². The van der Waals surface area contributed by atoms with Gasteiger partial charge in [0.2, 0.25) is 5.91 Å². The van der Waals surface area contributed by atoms with E-state index >= 15 is 0 Å². The first-order chi connectivity index (χ1) is 9.87. The zero-order valence-electron chi connectivity index (χ0n) is 13.1. The SMILES string of the molecule is C[C@H](C(=O)NC(N)=O)N(C)CC12CC3CC(CC(C3)C1)C2. The van der Waals surface area contributed by atoms with Crippen molar-refractivity contribution in [1.82, 2.24) is 10.2 Å². The summed E-state index contributed by atoms with van der Waals surface area (Å²) >= 11 is 0. The number of rotatable bonds is 4. The molecule has 0 aliphatic heterocycles. The van der Waals surface area contributed by atoms with Gasteiger partial charge in [-0.1, -0.05) is 0 Å². The highest BCUT2D eigenvalue weighted by Crippen LogP contribution is 2.60. The molecule has 4 aliphatic rings. The van der Waals surface area contributed by atoms with E-state index in [9.17, 15) is 9.59 Å². The van der Waals surface area contributed by atoms with E-state index in [2.05, 4.69) is 10.2 Å². The number of nitrogens with two attached hydrogens (primary N) is 1. The van der Waals surface area contributed by atoms with Gasteiger partial charge >= 0.3 is 6.03 Å². The van der Waals surface area contributed by atoms with Crippen LogP contribution in [0.25, 0.3) is 0 Å². The number of imide groups is 1. The van der Waals surface area contributed by atoms with Crippen molar-refractivity contribution in [2.45, 2.75) is 51.5 Å². The Morgan fingerprint density at radius 3 is 2.10 bits per heavy atom. The summed E-state index contributed by atoms with van der Waals surface area (Å²) in [6.07, 6.45) is 8.27. The first kappa shape index (κ1) is 14.8. The minimum atomic E-state index is -0.768. The molecule has 0 spiro atoms. The quantitative estimate of drug-likeness (QED) is 0.828. The lowest BCUT2D eigenvalue weighted by atomic mass is 9.49. The first-order valence-corrected chi connectivity index (χ1v) is 8.17. The molecule has 4 bridgehead atoms. The van der Waals surface area contributed by atoms with Gasteiger partial charge in [0.25, 0.3) is 0 Å². The zero-order chi connectivity index (χ0) is 15.2. The van der Waals surface area contributed by atoms with Crippen LogP contribution >= 0.6 is 0 Å². The van der Waals surface area contributed by atoms with Crippen molar-refractivity contribution in [3.63, 3.8) is 0 Å². The number of amides is 3. The molecule has 3 N–H and O–H groups in total. The predicted molar refractivity (Wildman–Crippen MR) is 80.4 cm³/mol. The van der Waals surface area contributed by atoms with Crippen molar-refractivity contribution >= 4 is 11.9 Å². The summed E-state index contributed by atoms with van der Waals surface area (Å²) in [5.41, 5.74) is 5.44. The Kier molecular flexibility index (Phi) is 3.72. The van der Waals surface area contributed by atoms with Crippen LogP contribution in [0.2, 0.25) is 0 Å². The van der Waals surface area contributed by atoms with Gasteiger partial charge < -0.3 is 5.73 Å². The van der Waals surface area contributed by atoms with E-state index < -0.39 is 6.03 Å². The van der Waals surface area contributed by atoms with Crippen LogP contribution in [0.3, 0.4) is 0 Å². The molecule has 4 aliphatic carbocycles. The van der Waals surface area contributed by atoms with Crippen LogP contribution in [-0.4, -0.2) is 36.5 Å². The Hall–Kier alpha value is -1.10. The van der Waals surface area contributed by atoms with Gasteiger partial charge in [0.05, 0.1) is 6.04 Å². The second-order valence-electron chi connectivity index (χ2n) is 7.86. The summed E-state index contributed by atoms with van der Waals surface area (Å²) in [5.74, 6) is 2.45. The fourth-order valence-electron chi connectivity index (χ4n) is 5.58. The maximum absolute atomic E-state index is 11.9. The molecule has 0 heterocycles. The summed E-state index contributed by atoms with van der Waals surface area (Å²) in [5, 5.41) is 2.19. The Morgan fingerprint density at radius 1 is 1.19 bits per heavy atom. The zero-order valence-corrected chi connectivity index (χ0v) is 13.1. The van der Waals surface area contributed by atoms with E-state index in [0.29, 0.717) is 5.41 Å². The van der Waals surface area contributed by atoms with Gasteiger partial charge in [0, 0.05) is 6.54 Å². The van der Waals surface area contributed by atoms with Gasteiger partial charge in [-0.3, -0.25) is 15.0 Å². The molecular weight excluding hydrogens is 266 g/mol. The number of hydrogen-bond acceptors (Lipinski definition) is 3. The average molecular weight is 293 g/mol. The molecule has 0 saturated heterocycles. The first-order valence-electron chi connectivity index (χ1n) is 8.17. The molecule has 0 aromatic rings. The Morgan fingerprint density at radius 2 is 1.67 bits per heavy atom. The van der Waals surface area contributed by atoms with E-state index in [4.69, 9.17) is 5.73 Å². The molecule has 118 valence electrons. The van der Waals surface area contributed by atoms with Crippen LogP contribution in [0, 0.1) is 23.2 Å². The molecule has 4 saturated carbocycles. The lowest BCUT2D eigenvalue weighted by Crippen LogP contribution is -2.54. The normalized spacial score (nSPS) is 38.5. The van der Waals surface area contributed by atoms with Crippen molar-refractivity contribution in [1.29, 1.82) is 0 Å². The maximum atomic E-state index is 11.9. The number of likely N-dealkylation sites (N-methyl/N-ethyl adjacent to an activating group) is 1. The van der Waals surface area contributed by atoms with Gasteiger partial charge in [0.1, 0.15) is 0 Å². The van der Waals surface area contributed by atoms with Crippen LogP contribution in [0.1, 0.15) is 45.4 Å². The standard InChI is InChI=1S/C16H27N3O2/c1-10(14(20)18-15(17)21)19(2)9-16-6-11-3-12(7-16)5-13(4-11)8-16/h10-13H,3-9H2,1-2H3,(H3,17,18,20,21)/t10-,11?,12?,13?,16?/m1/s1. The third-order valence-corrected chi connectivity index (χ3v) is 6.04. The molecule has 0 aromatic carbocycles. The van der Waals surface area contributed by atoms with E-state index in [1.807, 2.05) is 14.0 Å². The molecule has 1 atom stereocenters. The molecule has 0 aromatic heterocycles. The van der Waals surface area contributed by atoms with E-state index in [1.165, 1.54) is 38.5 Å². The van der Waals surface area contributed by atoms with Crippen LogP contribution < -0.4 is 11.1 Å². The minimum Gasteiger partial charge on any atom is -0.351 e. The monoisotopic (exact) mass is 293 g/mol. The summed E-state index contributed by atoms with van der Waals surface area (Å²) in [6, 6.07) is -1.08. The number of primary amides is 1. The largest absolute Gasteiger partial charge is 0.351 e.